The maximum Gasteiger partial charge on any atom is 0.317 e. The number of urea groups is 1. The zero-order valence-corrected chi connectivity index (χ0v) is 14.9. The number of pyridine rings is 1. The SMILES string of the molecule is Cc1cc(C)c(CNC(=O)N(CC2CC2)C2CCCCC2)c(=O)[nH]1. The molecule has 24 heavy (non-hydrogen) atoms. The number of nitrogens with zero attached hydrogens (tertiary/aromatic N) is 1. The first-order valence-electron chi connectivity index (χ1n) is 9.28. The van der Waals surface area contributed by atoms with Gasteiger partial charge in [0, 0.05) is 23.8 Å². The fraction of sp³-hybridized carbons (Fsp3) is 0.684. The highest BCUT2D eigenvalue weighted by molar-refractivity contribution is 5.74. The van der Waals surface area contributed by atoms with Crippen molar-refractivity contribution in [3.8, 4) is 0 Å². The Bertz CT molecular complexity index is 643. The van der Waals surface area contributed by atoms with Crippen LogP contribution in [0.15, 0.2) is 10.9 Å². The molecule has 132 valence electrons. The summed E-state index contributed by atoms with van der Waals surface area (Å²) >= 11 is 0. The molecule has 5 heteroatoms. The largest absolute Gasteiger partial charge is 0.334 e. The average molecular weight is 331 g/mol. The molecule has 5 nitrogen and oxygen atoms in total. The van der Waals surface area contributed by atoms with Gasteiger partial charge in [-0.05, 0) is 57.1 Å². The van der Waals surface area contributed by atoms with Crippen molar-refractivity contribution in [3.63, 3.8) is 0 Å². The molecule has 1 aromatic rings. The number of aromatic nitrogens is 1. The molecule has 0 spiro atoms. The highest BCUT2D eigenvalue weighted by Crippen LogP contribution is 2.32. The molecule has 2 saturated carbocycles. The number of carbonyl (C=O) groups is 1. The lowest BCUT2D eigenvalue weighted by Gasteiger charge is -2.34. The maximum atomic E-state index is 12.8. The molecular formula is C19H29N3O2. The fourth-order valence-electron chi connectivity index (χ4n) is 3.74. The van der Waals surface area contributed by atoms with Gasteiger partial charge in [-0.25, -0.2) is 4.79 Å². The molecular weight excluding hydrogens is 302 g/mol. The third-order valence-corrected chi connectivity index (χ3v) is 5.34. The number of hydrogen-bond acceptors (Lipinski definition) is 2. The van der Waals surface area contributed by atoms with Crippen LogP contribution in [0, 0.1) is 19.8 Å². The van der Waals surface area contributed by atoms with Crippen molar-refractivity contribution in [1.82, 2.24) is 15.2 Å². The van der Waals surface area contributed by atoms with Gasteiger partial charge < -0.3 is 15.2 Å². The lowest BCUT2D eigenvalue weighted by Crippen LogP contribution is -2.48. The summed E-state index contributed by atoms with van der Waals surface area (Å²) in [5.41, 5.74) is 2.34. The van der Waals surface area contributed by atoms with Crippen LogP contribution in [-0.2, 0) is 6.54 Å². The number of hydrogen-bond donors (Lipinski definition) is 2. The molecule has 2 aliphatic carbocycles. The lowest BCUT2D eigenvalue weighted by molar-refractivity contribution is 0.151. The first-order valence-corrected chi connectivity index (χ1v) is 9.28. The minimum absolute atomic E-state index is 0.00632. The Morgan fingerprint density at radius 2 is 1.92 bits per heavy atom. The van der Waals surface area contributed by atoms with E-state index in [2.05, 4.69) is 15.2 Å². The molecule has 0 radical (unpaired) electrons. The van der Waals surface area contributed by atoms with Gasteiger partial charge in [0.25, 0.3) is 5.56 Å². The van der Waals surface area contributed by atoms with Gasteiger partial charge in [0.05, 0.1) is 6.54 Å². The van der Waals surface area contributed by atoms with E-state index in [0.717, 1.165) is 30.6 Å². The molecule has 0 atom stereocenters. The van der Waals surface area contributed by atoms with Crippen LogP contribution < -0.4 is 10.9 Å². The number of rotatable bonds is 5. The Balaban J connectivity index is 1.65. The van der Waals surface area contributed by atoms with E-state index in [1.807, 2.05) is 19.9 Å². The summed E-state index contributed by atoms with van der Waals surface area (Å²) in [6.45, 7) is 4.97. The first-order chi connectivity index (χ1) is 11.5. The number of nitrogens with one attached hydrogen (secondary N) is 2. The number of carbonyl (C=O) groups excluding carboxylic acids is 1. The zero-order chi connectivity index (χ0) is 17.1. The fourth-order valence-corrected chi connectivity index (χ4v) is 3.74. The van der Waals surface area contributed by atoms with Gasteiger partial charge in [0.1, 0.15) is 0 Å². The standard InChI is InChI=1S/C19H29N3O2/c1-13-10-14(2)21-18(23)17(13)11-20-19(24)22(12-15-8-9-15)16-6-4-3-5-7-16/h10,15-16H,3-9,11-12H2,1-2H3,(H,20,24)(H,21,23). The number of aryl methyl sites for hydroxylation is 2. The Morgan fingerprint density at radius 1 is 1.21 bits per heavy atom. The number of H-pyrrole nitrogens is 1. The molecule has 0 saturated heterocycles. The number of aromatic amines is 1. The molecule has 2 fully saturated rings. The lowest BCUT2D eigenvalue weighted by atomic mass is 9.94. The van der Waals surface area contributed by atoms with Crippen molar-refractivity contribution in [3.05, 3.63) is 33.2 Å². The second-order valence-electron chi connectivity index (χ2n) is 7.49. The highest BCUT2D eigenvalue weighted by Gasteiger charge is 2.31. The summed E-state index contributed by atoms with van der Waals surface area (Å²) in [6, 6.07) is 2.32. The molecule has 0 bridgehead atoms. The van der Waals surface area contributed by atoms with Crippen LogP contribution in [0.4, 0.5) is 4.79 Å². The van der Waals surface area contributed by atoms with E-state index in [4.69, 9.17) is 0 Å². The van der Waals surface area contributed by atoms with E-state index in [9.17, 15) is 9.59 Å². The molecule has 2 aliphatic rings. The van der Waals surface area contributed by atoms with Gasteiger partial charge in [0.15, 0.2) is 0 Å². The smallest absolute Gasteiger partial charge is 0.317 e. The van der Waals surface area contributed by atoms with Gasteiger partial charge in [-0.3, -0.25) is 4.79 Å². The van der Waals surface area contributed by atoms with Crippen LogP contribution in [0.5, 0.6) is 0 Å². The Labute approximate surface area is 143 Å². The van der Waals surface area contributed by atoms with Crippen LogP contribution in [0.2, 0.25) is 0 Å². The minimum atomic E-state index is -0.0980. The molecule has 1 aromatic heterocycles. The summed E-state index contributed by atoms with van der Waals surface area (Å²) in [7, 11) is 0. The van der Waals surface area contributed by atoms with E-state index in [0.29, 0.717) is 24.1 Å². The van der Waals surface area contributed by atoms with Crippen LogP contribution in [-0.4, -0.2) is 28.5 Å². The number of amides is 2. The zero-order valence-electron chi connectivity index (χ0n) is 14.9. The molecule has 1 heterocycles. The van der Waals surface area contributed by atoms with E-state index in [1.54, 1.807) is 0 Å². The third-order valence-electron chi connectivity index (χ3n) is 5.34. The van der Waals surface area contributed by atoms with Gasteiger partial charge in [-0.15, -0.1) is 0 Å². The summed E-state index contributed by atoms with van der Waals surface area (Å²) in [4.78, 5) is 29.8. The van der Waals surface area contributed by atoms with Crippen molar-refractivity contribution in [2.75, 3.05) is 6.54 Å². The Kier molecular flexibility index (Phi) is 5.27. The first kappa shape index (κ1) is 17.1. The summed E-state index contributed by atoms with van der Waals surface area (Å²) in [5.74, 6) is 0.683. The van der Waals surface area contributed by atoms with E-state index in [-0.39, 0.29) is 11.6 Å². The second-order valence-corrected chi connectivity index (χ2v) is 7.49. The molecule has 2 N–H and O–H groups in total. The van der Waals surface area contributed by atoms with Crippen molar-refractivity contribution in [1.29, 1.82) is 0 Å². The van der Waals surface area contributed by atoms with Gasteiger partial charge in [-0.2, -0.15) is 0 Å². The van der Waals surface area contributed by atoms with Gasteiger partial charge in [-0.1, -0.05) is 19.3 Å². The van der Waals surface area contributed by atoms with Crippen LogP contribution in [0.3, 0.4) is 0 Å². The Hall–Kier alpha value is -1.78. The van der Waals surface area contributed by atoms with Crippen LogP contribution >= 0.6 is 0 Å². The van der Waals surface area contributed by atoms with Crippen molar-refractivity contribution in [2.24, 2.45) is 5.92 Å². The van der Waals surface area contributed by atoms with E-state index < -0.39 is 0 Å². The van der Waals surface area contributed by atoms with Gasteiger partial charge in [0.2, 0.25) is 0 Å². The van der Waals surface area contributed by atoms with Crippen molar-refractivity contribution in [2.45, 2.75) is 71.4 Å². The highest BCUT2D eigenvalue weighted by atomic mass is 16.2. The average Bonchev–Trinajstić information content (AvgIpc) is 3.36. The summed E-state index contributed by atoms with van der Waals surface area (Å²) in [6.07, 6.45) is 8.44. The topological polar surface area (TPSA) is 65.2 Å². The van der Waals surface area contributed by atoms with Gasteiger partial charge >= 0.3 is 6.03 Å². The normalized spacial score (nSPS) is 18.4. The third kappa shape index (κ3) is 4.19. The van der Waals surface area contributed by atoms with Crippen molar-refractivity contribution >= 4 is 6.03 Å². The maximum absolute atomic E-state index is 12.8. The van der Waals surface area contributed by atoms with E-state index in [1.165, 1.54) is 32.1 Å². The molecule has 0 aliphatic heterocycles. The predicted octanol–water partition coefficient (Wildman–Crippen LogP) is 3.25. The molecule has 2 amide bonds. The monoisotopic (exact) mass is 331 g/mol. The van der Waals surface area contributed by atoms with E-state index >= 15 is 0 Å². The molecule has 0 unspecified atom stereocenters. The minimum Gasteiger partial charge on any atom is -0.334 e. The second kappa shape index (κ2) is 7.41. The summed E-state index contributed by atoms with van der Waals surface area (Å²) < 4.78 is 0. The van der Waals surface area contributed by atoms with Crippen LogP contribution in [0.25, 0.3) is 0 Å². The Morgan fingerprint density at radius 3 is 2.54 bits per heavy atom. The quantitative estimate of drug-likeness (QED) is 0.870. The summed E-state index contributed by atoms with van der Waals surface area (Å²) in [5, 5.41) is 3.00. The predicted molar refractivity (Wildman–Crippen MR) is 95.1 cm³/mol. The molecule has 3 rings (SSSR count). The molecule has 0 aromatic carbocycles. The van der Waals surface area contributed by atoms with Crippen molar-refractivity contribution < 1.29 is 4.79 Å². The van der Waals surface area contributed by atoms with Crippen LogP contribution in [0.1, 0.15) is 61.8 Å².